The first-order valence-corrected chi connectivity index (χ1v) is 6.79. The Balaban J connectivity index is 0.00000162. The topological polar surface area (TPSA) is 3.24 Å². The third-order valence-corrected chi connectivity index (χ3v) is 3.57. The fourth-order valence-corrected chi connectivity index (χ4v) is 2.43. The Bertz CT molecular complexity index is 367. The summed E-state index contributed by atoms with van der Waals surface area (Å²) < 4.78 is 0. The van der Waals surface area contributed by atoms with Crippen molar-refractivity contribution in [2.75, 3.05) is 13.1 Å². The van der Waals surface area contributed by atoms with E-state index in [1.54, 1.807) is 0 Å². The van der Waals surface area contributed by atoms with Gasteiger partial charge in [-0.25, -0.2) is 0 Å². The molecule has 1 heterocycles. The van der Waals surface area contributed by atoms with E-state index in [1.165, 1.54) is 43.5 Å². The second-order valence-corrected chi connectivity index (χ2v) is 6.19. The molecule has 102 valence electrons. The van der Waals surface area contributed by atoms with Crippen LogP contribution in [-0.4, -0.2) is 41.0 Å². The van der Waals surface area contributed by atoms with Gasteiger partial charge in [0.25, 0.3) is 0 Å². The number of halogens is 1. The maximum Gasteiger partial charge on any atom is 2.00 e. The number of benzene rings is 1. The van der Waals surface area contributed by atoms with Crippen LogP contribution in [-0.2, 0) is 12.0 Å². The number of nitrogens with zero attached hydrogens (tertiary/aromatic N) is 1. The standard InChI is InChI=1S/C16H24N.BrH.Mg/c1-16(2,3)15-9-7-8-14(12-15)13-17-10-5-4-6-11-17;;/h7,9,12H,4-6,10-11,13H2,1-3H3;1H;/q-1;;+2/p-1. The van der Waals surface area contributed by atoms with Crippen molar-refractivity contribution >= 4 is 23.1 Å². The molecule has 0 bridgehead atoms. The molecule has 3 heteroatoms. The van der Waals surface area contributed by atoms with Crippen LogP contribution in [0.4, 0.5) is 0 Å². The van der Waals surface area contributed by atoms with E-state index in [2.05, 4.69) is 49.9 Å². The molecule has 0 saturated carbocycles. The average molecular weight is 335 g/mol. The Hall–Kier alpha value is 0.426. The summed E-state index contributed by atoms with van der Waals surface area (Å²) in [5, 5.41) is 0. The van der Waals surface area contributed by atoms with E-state index in [9.17, 15) is 0 Å². The first kappa shape index (κ1) is 19.4. The van der Waals surface area contributed by atoms with Crippen LogP contribution >= 0.6 is 0 Å². The van der Waals surface area contributed by atoms with E-state index >= 15 is 0 Å². The average Bonchev–Trinajstić information content (AvgIpc) is 2.29. The van der Waals surface area contributed by atoms with Gasteiger partial charge in [0.15, 0.2) is 0 Å². The summed E-state index contributed by atoms with van der Waals surface area (Å²) in [5.74, 6) is 0. The summed E-state index contributed by atoms with van der Waals surface area (Å²) in [6, 6.07) is 9.99. The van der Waals surface area contributed by atoms with Gasteiger partial charge in [-0.05, 0) is 31.3 Å². The molecule has 19 heavy (non-hydrogen) atoms. The van der Waals surface area contributed by atoms with Crippen LogP contribution in [0.2, 0.25) is 0 Å². The van der Waals surface area contributed by atoms with Crippen LogP contribution < -0.4 is 17.0 Å². The summed E-state index contributed by atoms with van der Waals surface area (Å²) in [6.07, 6.45) is 4.13. The normalized spacial score (nSPS) is 16.4. The molecule has 1 saturated heterocycles. The van der Waals surface area contributed by atoms with Gasteiger partial charge in [-0.2, -0.15) is 29.8 Å². The van der Waals surface area contributed by atoms with Crippen molar-refractivity contribution in [3.8, 4) is 0 Å². The zero-order valence-electron chi connectivity index (χ0n) is 12.5. The van der Waals surface area contributed by atoms with Gasteiger partial charge < -0.3 is 21.9 Å². The van der Waals surface area contributed by atoms with E-state index < -0.39 is 0 Å². The van der Waals surface area contributed by atoms with E-state index in [4.69, 9.17) is 0 Å². The first-order chi connectivity index (χ1) is 8.05. The molecule has 0 aromatic heterocycles. The van der Waals surface area contributed by atoms with Gasteiger partial charge in [0.1, 0.15) is 0 Å². The van der Waals surface area contributed by atoms with Crippen LogP contribution in [0.3, 0.4) is 0 Å². The van der Waals surface area contributed by atoms with Crippen LogP contribution in [0.15, 0.2) is 18.2 Å². The fourth-order valence-electron chi connectivity index (χ4n) is 2.43. The van der Waals surface area contributed by atoms with Gasteiger partial charge in [0.2, 0.25) is 0 Å². The van der Waals surface area contributed by atoms with Crippen molar-refractivity contribution in [2.24, 2.45) is 0 Å². The number of likely N-dealkylation sites (tertiary alicyclic amines) is 1. The Morgan fingerprint density at radius 2 is 1.79 bits per heavy atom. The molecular weight excluding hydrogens is 310 g/mol. The van der Waals surface area contributed by atoms with Gasteiger partial charge in [0.05, 0.1) is 0 Å². The van der Waals surface area contributed by atoms with E-state index in [0.717, 1.165) is 6.54 Å². The van der Waals surface area contributed by atoms with Crippen molar-refractivity contribution < 1.29 is 17.0 Å². The fraction of sp³-hybridized carbons (Fsp3) is 0.625. The molecule has 0 aliphatic carbocycles. The molecule has 0 amide bonds. The second kappa shape index (κ2) is 8.66. The minimum absolute atomic E-state index is 0. The Kier molecular flexibility index (Phi) is 8.85. The molecule has 1 fully saturated rings. The van der Waals surface area contributed by atoms with Gasteiger partial charge in [-0.3, -0.25) is 0 Å². The number of hydrogen-bond donors (Lipinski definition) is 0. The van der Waals surface area contributed by atoms with Crippen molar-refractivity contribution in [1.29, 1.82) is 0 Å². The summed E-state index contributed by atoms with van der Waals surface area (Å²) in [5.41, 5.74) is 3.01. The largest absolute Gasteiger partial charge is 2.00 e. The monoisotopic (exact) mass is 333 g/mol. The molecule has 1 aliphatic rings. The van der Waals surface area contributed by atoms with E-state index in [1.807, 2.05) is 0 Å². The predicted molar refractivity (Wildman–Crippen MR) is 78.9 cm³/mol. The first-order valence-electron chi connectivity index (χ1n) is 6.79. The van der Waals surface area contributed by atoms with Gasteiger partial charge in [-0.15, -0.1) is 5.56 Å². The molecule has 0 unspecified atom stereocenters. The SMILES string of the molecule is CC(C)(C)c1cc[c-]c(CN2CCCCC2)c1.[Br-].[Mg+2]. The predicted octanol–water partition coefficient (Wildman–Crippen LogP) is 0.393. The van der Waals surface area contributed by atoms with Crippen LogP contribution in [0.5, 0.6) is 0 Å². The summed E-state index contributed by atoms with van der Waals surface area (Å²) in [7, 11) is 0. The maximum absolute atomic E-state index is 3.39. The van der Waals surface area contributed by atoms with Crippen molar-refractivity contribution in [2.45, 2.75) is 52.0 Å². The molecule has 0 spiro atoms. The van der Waals surface area contributed by atoms with Gasteiger partial charge in [-0.1, -0.05) is 27.2 Å². The van der Waals surface area contributed by atoms with E-state index in [0.29, 0.717) is 0 Å². The summed E-state index contributed by atoms with van der Waals surface area (Å²) >= 11 is 0. The van der Waals surface area contributed by atoms with Gasteiger partial charge in [0, 0.05) is 6.54 Å². The molecule has 0 N–H and O–H groups in total. The molecule has 0 atom stereocenters. The Labute approximate surface area is 145 Å². The van der Waals surface area contributed by atoms with Crippen LogP contribution in [0, 0.1) is 6.07 Å². The van der Waals surface area contributed by atoms with Crippen molar-refractivity contribution in [3.63, 3.8) is 0 Å². The number of hydrogen-bond acceptors (Lipinski definition) is 1. The minimum atomic E-state index is 0. The summed E-state index contributed by atoms with van der Waals surface area (Å²) in [4.78, 5) is 2.56. The molecule has 2 rings (SSSR count). The summed E-state index contributed by atoms with van der Waals surface area (Å²) in [6.45, 7) is 10.4. The van der Waals surface area contributed by atoms with Crippen molar-refractivity contribution in [1.82, 2.24) is 4.90 Å². The smallest absolute Gasteiger partial charge is 1.00 e. The van der Waals surface area contributed by atoms with Crippen molar-refractivity contribution in [3.05, 3.63) is 35.4 Å². The molecule has 1 aliphatic heterocycles. The molecule has 0 radical (unpaired) electrons. The van der Waals surface area contributed by atoms with Crippen LogP contribution in [0.1, 0.15) is 51.2 Å². The van der Waals surface area contributed by atoms with E-state index in [-0.39, 0.29) is 45.4 Å². The van der Waals surface area contributed by atoms with Gasteiger partial charge >= 0.3 is 23.1 Å². The molecular formula is C16H24BrMgN. The maximum atomic E-state index is 3.39. The number of rotatable bonds is 2. The third kappa shape index (κ3) is 6.15. The molecule has 1 aromatic rings. The third-order valence-electron chi connectivity index (χ3n) is 3.57. The number of piperidine rings is 1. The minimum Gasteiger partial charge on any atom is -1.00 e. The molecule has 1 nitrogen and oxygen atoms in total. The quantitative estimate of drug-likeness (QED) is 0.559. The second-order valence-electron chi connectivity index (χ2n) is 6.19. The Morgan fingerprint density at radius 1 is 1.16 bits per heavy atom. The molecule has 1 aromatic carbocycles. The van der Waals surface area contributed by atoms with Crippen LogP contribution in [0.25, 0.3) is 0 Å². The Morgan fingerprint density at radius 3 is 2.37 bits per heavy atom. The zero-order chi connectivity index (χ0) is 12.3. The zero-order valence-corrected chi connectivity index (χ0v) is 15.5.